The van der Waals surface area contributed by atoms with Crippen molar-refractivity contribution in [2.24, 2.45) is 5.92 Å². The molecule has 1 rings (SSSR count). The number of benzene rings is 1. The monoisotopic (exact) mass is 365 g/mol. The van der Waals surface area contributed by atoms with Gasteiger partial charge in [0.1, 0.15) is 0 Å². The number of amides is 1. The molecule has 0 aliphatic heterocycles. The highest BCUT2D eigenvalue weighted by atomic mass is 32.1. The predicted molar refractivity (Wildman–Crippen MR) is 105 cm³/mol. The summed E-state index contributed by atoms with van der Waals surface area (Å²) < 4.78 is 10.7. The van der Waals surface area contributed by atoms with Crippen molar-refractivity contribution in [2.45, 2.75) is 27.2 Å². The summed E-state index contributed by atoms with van der Waals surface area (Å²) in [5.41, 5.74) is 6.02. The maximum atomic E-state index is 11.8. The molecule has 1 amide bonds. The molecule has 0 saturated heterocycles. The van der Waals surface area contributed by atoms with Crippen LogP contribution < -0.4 is 25.6 Å². The zero-order valence-corrected chi connectivity index (χ0v) is 16.0. The van der Waals surface area contributed by atoms with E-state index in [4.69, 9.17) is 21.7 Å². The third-order valence-electron chi connectivity index (χ3n) is 3.22. The standard InChI is InChI=1S/C18H27N3O3S/c1-5-24-16-12-14(6-8-15(16)23-4)7-9-17(22)20-21-18(25)19-11-10-13(2)3/h6-9,12-13H,5,10-11H2,1-4H3,(H,20,22)(H2,19,21,25)/b9-7+. The van der Waals surface area contributed by atoms with E-state index < -0.39 is 0 Å². The van der Waals surface area contributed by atoms with Gasteiger partial charge < -0.3 is 14.8 Å². The second kappa shape index (κ2) is 11.3. The molecule has 0 saturated carbocycles. The molecule has 0 aliphatic rings. The van der Waals surface area contributed by atoms with E-state index in [1.54, 1.807) is 19.3 Å². The van der Waals surface area contributed by atoms with Crippen LogP contribution in [0, 0.1) is 5.92 Å². The molecule has 0 radical (unpaired) electrons. The minimum absolute atomic E-state index is 0.304. The SMILES string of the molecule is CCOc1cc(/C=C/C(=O)NNC(=S)NCCC(C)C)ccc1OC. The highest BCUT2D eigenvalue weighted by Gasteiger charge is 2.04. The van der Waals surface area contributed by atoms with Crippen LogP contribution in [-0.2, 0) is 4.79 Å². The van der Waals surface area contributed by atoms with Gasteiger partial charge in [-0.3, -0.25) is 15.6 Å². The number of nitrogens with one attached hydrogen (secondary N) is 3. The van der Waals surface area contributed by atoms with E-state index in [-0.39, 0.29) is 5.91 Å². The molecule has 0 aromatic heterocycles. The van der Waals surface area contributed by atoms with Gasteiger partial charge in [-0.1, -0.05) is 19.9 Å². The highest BCUT2D eigenvalue weighted by molar-refractivity contribution is 7.80. The fraction of sp³-hybridized carbons (Fsp3) is 0.444. The van der Waals surface area contributed by atoms with Crippen LogP contribution in [0.15, 0.2) is 24.3 Å². The van der Waals surface area contributed by atoms with Crippen molar-refractivity contribution in [1.82, 2.24) is 16.2 Å². The fourth-order valence-corrected chi connectivity index (χ4v) is 2.07. The van der Waals surface area contributed by atoms with Gasteiger partial charge >= 0.3 is 0 Å². The van der Waals surface area contributed by atoms with Crippen LogP contribution in [0.5, 0.6) is 11.5 Å². The molecule has 0 fully saturated rings. The number of carbonyl (C=O) groups excluding carboxylic acids is 1. The van der Waals surface area contributed by atoms with Crippen molar-refractivity contribution in [2.75, 3.05) is 20.3 Å². The quantitative estimate of drug-likeness (QED) is 0.374. The molecule has 3 N–H and O–H groups in total. The molecule has 0 spiro atoms. The molecule has 1 aromatic carbocycles. The van der Waals surface area contributed by atoms with Gasteiger partial charge in [-0.25, -0.2) is 0 Å². The normalized spacial score (nSPS) is 10.6. The zero-order chi connectivity index (χ0) is 18.7. The van der Waals surface area contributed by atoms with Gasteiger partial charge in [0, 0.05) is 12.6 Å². The van der Waals surface area contributed by atoms with E-state index in [0.717, 1.165) is 18.5 Å². The Morgan fingerprint density at radius 2 is 2.04 bits per heavy atom. The lowest BCUT2D eigenvalue weighted by molar-refractivity contribution is -0.116. The number of hydrazine groups is 1. The number of ether oxygens (including phenoxy) is 2. The van der Waals surface area contributed by atoms with E-state index in [0.29, 0.717) is 29.1 Å². The molecule has 0 aliphatic carbocycles. The van der Waals surface area contributed by atoms with E-state index in [1.165, 1.54) is 6.08 Å². The Balaban J connectivity index is 2.48. The Morgan fingerprint density at radius 1 is 1.28 bits per heavy atom. The second-order valence-corrected chi connectivity index (χ2v) is 6.14. The van der Waals surface area contributed by atoms with Crippen LogP contribution in [0.25, 0.3) is 6.08 Å². The van der Waals surface area contributed by atoms with Crippen molar-refractivity contribution < 1.29 is 14.3 Å². The third kappa shape index (κ3) is 8.39. The summed E-state index contributed by atoms with van der Waals surface area (Å²) in [5, 5.41) is 3.42. The summed E-state index contributed by atoms with van der Waals surface area (Å²) in [4.78, 5) is 11.8. The minimum atomic E-state index is -0.304. The van der Waals surface area contributed by atoms with E-state index in [1.807, 2.05) is 19.1 Å². The summed E-state index contributed by atoms with van der Waals surface area (Å²) in [6.45, 7) is 7.48. The lowest BCUT2D eigenvalue weighted by atomic mass is 10.1. The van der Waals surface area contributed by atoms with Crippen molar-refractivity contribution in [3.05, 3.63) is 29.8 Å². The molecular weight excluding hydrogens is 338 g/mol. The van der Waals surface area contributed by atoms with Crippen LogP contribution >= 0.6 is 12.2 Å². The second-order valence-electron chi connectivity index (χ2n) is 5.73. The molecule has 0 bridgehead atoms. The van der Waals surface area contributed by atoms with Crippen molar-refractivity contribution in [1.29, 1.82) is 0 Å². The van der Waals surface area contributed by atoms with Gasteiger partial charge in [0.15, 0.2) is 16.6 Å². The van der Waals surface area contributed by atoms with Gasteiger partial charge in [-0.2, -0.15) is 0 Å². The maximum Gasteiger partial charge on any atom is 0.262 e. The summed E-state index contributed by atoms with van der Waals surface area (Å²) >= 11 is 5.08. The van der Waals surface area contributed by atoms with Gasteiger partial charge in [0.2, 0.25) is 0 Å². The van der Waals surface area contributed by atoms with Gasteiger partial charge in [0.05, 0.1) is 13.7 Å². The Bertz CT molecular complexity index is 603. The number of hydrogen-bond donors (Lipinski definition) is 3. The first-order valence-corrected chi connectivity index (χ1v) is 8.69. The molecule has 6 nitrogen and oxygen atoms in total. The predicted octanol–water partition coefficient (Wildman–Crippen LogP) is 2.65. The van der Waals surface area contributed by atoms with Crippen LogP contribution in [0.4, 0.5) is 0 Å². The number of hydrogen-bond acceptors (Lipinski definition) is 4. The van der Waals surface area contributed by atoms with Crippen molar-refractivity contribution in [3.63, 3.8) is 0 Å². The summed E-state index contributed by atoms with van der Waals surface area (Å²) in [6.07, 6.45) is 4.12. The zero-order valence-electron chi connectivity index (χ0n) is 15.2. The topological polar surface area (TPSA) is 71.6 Å². The molecule has 0 unspecified atom stereocenters. The first kappa shape index (κ1) is 20.8. The van der Waals surface area contributed by atoms with Crippen molar-refractivity contribution >= 4 is 29.3 Å². The number of methoxy groups -OCH3 is 1. The van der Waals surface area contributed by atoms with Crippen LogP contribution in [0.2, 0.25) is 0 Å². The smallest absolute Gasteiger partial charge is 0.262 e. The minimum Gasteiger partial charge on any atom is -0.493 e. The van der Waals surface area contributed by atoms with E-state index in [9.17, 15) is 4.79 Å². The molecule has 25 heavy (non-hydrogen) atoms. The third-order valence-corrected chi connectivity index (χ3v) is 3.47. The largest absolute Gasteiger partial charge is 0.493 e. The molecular formula is C18H27N3O3S. The Kier molecular flexibility index (Phi) is 9.39. The first-order valence-electron chi connectivity index (χ1n) is 8.29. The lowest BCUT2D eigenvalue weighted by Crippen LogP contribution is -2.46. The number of thiocarbonyl (C=S) groups is 1. The maximum absolute atomic E-state index is 11.8. The van der Waals surface area contributed by atoms with Crippen LogP contribution in [0.3, 0.4) is 0 Å². The molecule has 0 atom stereocenters. The average molecular weight is 365 g/mol. The van der Waals surface area contributed by atoms with Gasteiger partial charge in [-0.05, 0) is 55.3 Å². The van der Waals surface area contributed by atoms with E-state index >= 15 is 0 Å². The lowest BCUT2D eigenvalue weighted by Gasteiger charge is -2.11. The average Bonchev–Trinajstić information content (AvgIpc) is 2.58. The van der Waals surface area contributed by atoms with E-state index in [2.05, 4.69) is 30.0 Å². The summed E-state index contributed by atoms with van der Waals surface area (Å²) in [7, 11) is 1.59. The highest BCUT2D eigenvalue weighted by Crippen LogP contribution is 2.28. The Hall–Kier alpha value is -2.28. The summed E-state index contributed by atoms with van der Waals surface area (Å²) in [6, 6.07) is 5.46. The van der Waals surface area contributed by atoms with Gasteiger partial charge in [-0.15, -0.1) is 0 Å². The number of carbonyl (C=O) groups is 1. The summed E-state index contributed by atoms with van der Waals surface area (Å²) in [5.74, 6) is 1.59. The molecule has 7 heteroatoms. The molecule has 138 valence electrons. The molecule has 0 heterocycles. The van der Waals surface area contributed by atoms with Crippen LogP contribution in [0.1, 0.15) is 32.8 Å². The van der Waals surface area contributed by atoms with Crippen molar-refractivity contribution in [3.8, 4) is 11.5 Å². The fourth-order valence-electron chi connectivity index (χ4n) is 1.92. The first-order chi connectivity index (χ1) is 12.0. The Morgan fingerprint density at radius 3 is 2.68 bits per heavy atom. The number of rotatable bonds is 8. The molecule has 1 aromatic rings. The Labute approximate surface area is 154 Å². The van der Waals surface area contributed by atoms with Gasteiger partial charge in [0.25, 0.3) is 5.91 Å². The van der Waals surface area contributed by atoms with Crippen LogP contribution in [-0.4, -0.2) is 31.3 Å².